The smallest absolute Gasteiger partial charge is 0.254 e. The summed E-state index contributed by atoms with van der Waals surface area (Å²) in [5.74, 6) is -2.83. The summed E-state index contributed by atoms with van der Waals surface area (Å²) in [6.45, 7) is 1.75. The van der Waals surface area contributed by atoms with Crippen LogP contribution in [0.5, 0.6) is 0 Å². The number of halogens is 2. The number of pyridine rings is 1. The number of rotatable bonds is 3. The Balaban J connectivity index is 2.16. The predicted octanol–water partition coefficient (Wildman–Crippen LogP) is 2.85. The van der Waals surface area contributed by atoms with Gasteiger partial charge >= 0.3 is 0 Å². The van der Waals surface area contributed by atoms with Gasteiger partial charge in [0.2, 0.25) is 0 Å². The van der Waals surface area contributed by atoms with Gasteiger partial charge in [-0.25, -0.2) is 8.78 Å². The van der Waals surface area contributed by atoms with Crippen LogP contribution in [-0.2, 0) is 0 Å². The van der Waals surface area contributed by atoms with Crippen LogP contribution in [0.4, 0.5) is 8.78 Å². The molecule has 3 nitrogen and oxygen atoms in total. The molecule has 0 fully saturated rings. The third-order valence-corrected chi connectivity index (χ3v) is 2.75. The first kappa shape index (κ1) is 13.1. The molecule has 2 aromatic rings. The van der Waals surface area contributed by atoms with Gasteiger partial charge in [0.1, 0.15) is 0 Å². The molecule has 1 atom stereocenters. The lowest BCUT2D eigenvalue weighted by Gasteiger charge is -2.14. The number of hydrogen-bond donors (Lipinski definition) is 1. The zero-order valence-electron chi connectivity index (χ0n) is 10.2. The average Bonchev–Trinajstić information content (AvgIpc) is 2.42. The minimum atomic E-state index is -1.14. The Labute approximate surface area is 109 Å². The van der Waals surface area contributed by atoms with Gasteiger partial charge in [-0.1, -0.05) is 6.07 Å². The highest BCUT2D eigenvalue weighted by molar-refractivity contribution is 5.94. The number of amides is 1. The molecule has 0 aliphatic heterocycles. The van der Waals surface area contributed by atoms with Crippen molar-refractivity contribution < 1.29 is 13.6 Å². The summed E-state index contributed by atoms with van der Waals surface area (Å²) in [7, 11) is 0. The molecule has 1 aromatic carbocycles. The molecule has 1 heterocycles. The minimum Gasteiger partial charge on any atom is -0.345 e. The van der Waals surface area contributed by atoms with Crippen molar-refractivity contribution in [1.29, 1.82) is 0 Å². The first-order chi connectivity index (χ1) is 9.09. The van der Waals surface area contributed by atoms with Gasteiger partial charge in [0.15, 0.2) is 11.6 Å². The van der Waals surface area contributed by atoms with E-state index in [2.05, 4.69) is 10.3 Å². The van der Waals surface area contributed by atoms with Gasteiger partial charge < -0.3 is 5.32 Å². The van der Waals surface area contributed by atoms with Gasteiger partial charge in [-0.3, -0.25) is 9.78 Å². The molecular weight excluding hydrogens is 250 g/mol. The summed E-state index contributed by atoms with van der Waals surface area (Å²) in [4.78, 5) is 15.7. The summed E-state index contributed by atoms with van der Waals surface area (Å²) < 4.78 is 26.5. The summed E-state index contributed by atoms with van der Waals surface area (Å²) >= 11 is 0. The number of carbonyl (C=O) groups excluding carboxylic acids is 1. The molecule has 0 aliphatic rings. The number of benzene rings is 1. The molecule has 0 bridgehead atoms. The third-order valence-electron chi connectivity index (χ3n) is 2.75. The largest absolute Gasteiger partial charge is 0.345 e. The normalized spacial score (nSPS) is 11.9. The quantitative estimate of drug-likeness (QED) is 0.924. The number of nitrogens with one attached hydrogen (secondary N) is 1. The van der Waals surface area contributed by atoms with Crippen molar-refractivity contribution in [1.82, 2.24) is 10.3 Å². The maximum Gasteiger partial charge on any atom is 0.254 e. The summed E-state index contributed by atoms with van der Waals surface area (Å²) in [6, 6.07) is 6.67. The molecule has 98 valence electrons. The van der Waals surface area contributed by atoms with Crippen LogP contribution in [0.3, 0.4) is 0 Å². The van der Waals surface area contributed by atoms with E-state index in [9.17, 15) is 13.6 Å². The van der Waals surface area contributed by atoms with Gasteiger partial charge in [0, 0.05) is 12.4 Å². The molecule has 0 saturated heterocycles. The molecule has 2 rings (SSSR count). The van der Waals surface area contributed by atoms with Crippen LogP contribution >= 0.6 is 0 Å². The minimum absolute atomic E-state index is 0.305. The number of aromatic nitrogens is 1. The summed E-state index contributed by atoms with van der Waals surface area (Å²) in [5.41, 5.74) is 0.529. The predicted molar refractivity (Wildman–Crippen MR) is 66.5 cm³/mol. The van der Waals surface area contributed by atoms with Crippen molar-refractivity contribution in [2.75, 3.05) is 0 Å². The fourth-order valence-electron chi connectivity index (χ4n) is 1.69. The monoisotopic (exact) mass is 262 g/mol. The topological polar surface area (TPSA) is 42.0 Å². The zero-order valence-corrected chi connectivity index (χ0v) is 10.2. The molecule has 0 aliphatic carbocycles. The second kappa shape index (κ2) is 5.56. The van der Waals surface area contributed by atoms with Gasteiger partial charge in [0.05, 0.1) is 11.6 Å². The van der Waals surface area contributed by atoms with E-state index in [1.54, 1.807) is 31.5 Å². The maximum atomic E-state index is 13.5. The second-order valence-electron chi connectivity index (χ2n) is 4.08. The van der Waals surface area contributed by atoms with Crippen molar-refractivity contribution in [2.24, 2.45) is 0 Å². The first-order valence-corrected chi connectivity index (χ1v) is 5.74. The van der Waals surface area contributed by atoms with Gasteiger partial charge in [-0.15, -0.1) is 0 Å². The summed E-state index contributed by atoms with van der Waals surface area (Å²) in [5, 5.41) is 2.61. The molecule has 1 amide bonds. The van der Waals surface area contributed by atoms with Gasteiger partial charge in [-0.05, 0) is 36.8 Å². The molecular formula is C14H12F2N2O. The van der Waals surface area contributed by atoms with E-state index < -0.39 is 17.5 Å². The zero-order chi connectivity index (χ0) is 13.8. The Bertz CT molecular complexity index is 587. The second-order valence-corrected chi connectivity index (χ2v) is 4.08. The number of nitrogens with zero attached hydrogens (tertiary/aromatic N) is 1. The fraction of sp³-hybridized carbons (Fsp3) is 0.143. The van der Waals surface area contributed by atoms with E-state index in [1.807, 2.05) is 0 Å². The Morgan fingerprint density at radius 3 is 2.58 bits per heavy atom. The Kier molecular flexibility index (Phi) is 3.85. The molecule has 5 heteroatoms. The van der Waals surface area contributed by atoms with E-state index in [1.165, 1.54) is 12.1 Å². The van der Waals surface area contributed by atoms with E-state index in [0.29, 0.717) is 0 Å². The van der Waals surface area contributed by atoms with Crippen LogP contribution < -0.4 is 5.32 Å². The highest BCUT2D eigenvalue weighted by atomic mass is 19.2. The third kappa shape index (κ3) is 2.93. The van der Waals surface area contributed by atoms with Crippen molar-refractivity contribution in [2.45, 2.75) is 13.0 Å². The lowest BCUT2D eigenvalue weighted by Crippen LogP contribution is -2.27. The number of hydrogen-bond acceptors (Lipinski definition) is 2. The van der Waals surface area contributed by atoms with Crippen LogP contribution in [0, 0.1) is 11.6 Å². The molecule has 19 heavy (non-hydrogen) atoms. The number of carbonyl (C=O) groups is 1. The van der Waals surface area contributed by atoms with Gasteiger partial charge in [-0.2, -0.15) is 0 Å². The van der Waals surface area contributed by atoms with Crippen molar-refractivity contribution in [3.8, 4) is 0 Å². The molecule has 0 saturated carbocycles. The van der Waals surface area contributed by atoms with E-state index in [0.717, 1.165) is 11.6 Å². The highest BCUT2D eigenvalue weighted by Crippen LogP contribution is 2.14. The lowest BCUT2D eigenvalue weighted by molar-refractivity contribution is 0.0934. The van der Waals surface area contributed by atoms with E-state index in [-0.39, 0.29) is 11.6 Å². The van der Waals surface area contributed by atoms with E-state index in [4.69, 9.17) is 0 Å². The van der Waals surface area contributed by atoms with Crippen molar-refractivity contribution in [3.63, 3.8) is 0 Å². The first-order valence-electron chi connectivity index (χ1n) is 5.74. The van der Waals surface area contributed by atoms with E-state index >= 15 is 0 Å². The Morgan fingerprint density at radius 2 is 1.89 bits per heavy atom. The molecule has 0 spiro atoms. The van der Waals surface area contributed by atoms with Crippen LogP contribution in [0.25, 0.3) is 0 Å². The molecule has 0 radical (unpaired) electrons. The van der Waals surface area contributed by atoms with Gasteiger partial charge in [0.25, 0.3) is 5.91 Å². The highest BCUT2D eigenvalue weighted by Gasteiger charge is 2.17. The van der Waals surface area contributed by atoms with Crippen LogP contribution in [0.2, 0.25) is 0 Å². The van der Waals surface area contributed by atoms with Crippen LogP contribution in [-0.4, -0.2) is 10.9 Å². The van der Waals surface area contributed by atoms with Crippen LogP contribution in [0.1, 0.15) is 28.9 Å². The van der Waals surface area contributed by atoms with Crippen LogP contribution in [0.15, 0.2) is 42.7 Å². The Morgan fingerprint density at radius 1 is 1.21 bits per heavy atom. The van der Waals surface area contributed by atoms with Crippen molar-refractivity contribution >= 4 is 5.91 Å². The Hall–Kier alpha value is -2.30. The van der Waals surface area contributed by atoms with Crippen molar-refractivity contribution in [3.05, 3.63) is 65.5 Å². The summed E-state index contributed by atoms with van der Waals surface area (Å²) in [6.07, 6.45) is 3.20. The standard InChI is InChI=1S/C14H12F2N2O/c1-9(10-5-7-17-8-6-10)18-14(19)11-3-2-4-12(15)13(11)16/h2-9H,1H3,(H,18,19)/t9-/m0/s1. The average molecular weight is 262 g/mol. The fourth-order valence-corrected chi connectivity index (χ4v) is 1.69. The molecule has 0 unspecified atom stereocenters. The maximum absolute atomic E-state index is 13.5. The lowest BCUT2D eigenvalue weighted by atomic mass is 10.1. The SMILES string of the molecule is C[C@H](NC(=O)c1cccc(F)c1F)c1ccncc1. The molecule has 1 N–H and O–H groups in total. The molecule has 1 aromatic heterocycles.